The number of hydrogen-bond acceptors (Lipinski definition) is 3. The van der Waals surface area contributed by atoms with Gasteiger partial charge in [-0.2, -0.15) is 5.10 Å². The van der Waals surface area contributed by atoms with Crippen molar-refractivity contribution >= 4 is 5.97 Å². The summed E-state index contributed by atoms with van der Waals surface area (Å²) in [7, 11) is 3.72. The van der Waals surface area contributed by atoms with Gasteiger partial charge < -0.3 is 5.11 Å². The van der Waals surface area contributed by atoms with Crippen molar-refractivity contribution in [3.8, 4) is 0 Å². The van der Waals surface area contributed by atoms with Crippen molar-refractivity contribution in [1.29, 1.82) is 0 Å². The number of rotatable bonds is 5. The van der Waals surface area contributed by atoms with Crippen LogP contribution >= 0.6 is 0 Å². The molecule has 5 nitrogen and oxygen atoms in total. The van der Waals surface area contributed by atoms with E-state index in [9.17, 15) is 9.18 Å². The molecule has 6 heteroatoms. The molecule has 1 heterocycles. The largest absolute Gasteiger partial charge is 0.478 e. The first-order valence-electron chi connectivity index (χ1n) is 6.13. The van der Waals surface area contributed by atoms with E-state index in [1.165, 1.54) is 12.1 Å². The van der Waals surface area contributed by atoms with Gasteiger partial charge in [0.15, 0.2) is 0 Å². The van der Waals surface area contributed by atoms with E-state index in [4.69, 9.17) is 5.11 Å². The third-order valence-corrected chi connectivity index (χ3v) is 2.95. The Labute approximate surface area is 116 Å². The van der Waals surface area contributed by atoms with Gasteiger partial charge in [-0.25, -0.2) is 9.18 Å². The molecule has 20 heavy (non-hydrogen) atoms. The Morgan fingerprint density at radius 3 is 2.80 bits per heavy atom. The maximum atomic E-state index is 13.1. The van der Waals surface area contributed by atoms with Crippen LogP contribution in [-0.2, 0) is 20.1 Å². The molecular weight excluding hydrogens is 261 g/mol. The standard InChI is InChI=1S/C14H16FN3O2/c1-17(7-10-6-16-18(2)8-10)9-11-3-4-12(15)5-13(11)14(19)20/h3-6,8H,7,9H2,1-2H3,(H,19,20). The summed E-state index contributed by atoms with van der Waals surface area (Å²) in [6, 6.07) is 3.84. The van der Waals surface area contributed by atoms with Gasteiger partial charge in [-0.15, -0.1) is 0 Å². The number of aromatic nitrogens is 2. The molecule has 1 aromatic heterocycles. The van der Waals surface area contributed by atoms with E-state index in [0.29, 0.717) is 18.7 Å². The number of carboxylic acid groups (broad SMARTS) is 1. The highest BCUT2D eigenvalue weighted by Crippen LogP contribution is 2.14. The molecule has 2 aromatic rings. The van der Waals surface area contributed by atoms with Crippen LogP contribution in [0, 0.1) is 5.82 Å². The van der Waals surface area contributed by atoms with E-state index in [0.717, 1.165) is 11.6 Å². The van der Waals surface area contributed by atoms with E-state index in [1.807, 2.05) is 25.2 Å². The third-order valence-electron chi connectivity index (χ3n) is 2.95. The topological polar surface area (TPSA) is 58.4 Å². The first kappa shape index (κ1) is 14.2. The Morgan fingerprint density at radius 1 is 1.45 bits per heavy atom. The van der Waals surface area contributed by atoms with Crippen molar-refractivity contribution in [1.82, 2.24) is 14.7 Å². The molecule has 0 saturated heterocycles. The summed E-state index contributed by atoms with van der Waals surface area (Å²) in [6.45, 7) is 1.07. The summed E-state index contributed by atoms with van der Waals surface area (Å²) in [4.78, 5) is 13.1. The number of hydrogen-bond donors (Lipinski definition) is 1. The van der Waals surface area contributed by atoms with Gasteiger partial charge >= 0.3 is 5.97 Å². The van der Waals surface area contributed by atoms with E-state index < -0.39 is 11.8 Å². The number of halogens is 1. The molecule has 0 amide bonds. The number of carbonyl (C=O) groups is 1. The van der Waals surface area contributed by atoms with Gasteiger partial charge in [0.2, 0.25) is 0 Å². The highest BCUT2D eigenvalue weighted by atomic mass is 19.1. The van der Waals surface area contributed by atoms with Crippen molar-refractivity contribution < 1.29 is 14.3 Å². The second kappa shape index (κ2) is 5.83. The molecule has 0 aliphatic heterocycles. The molecule has 1 N–H and O–H groups in total. The Kier molecular flexibility index (Phi) is 4.14. The lowest BCUT2D eigenvalue weighted by atomic mass is 10.1. The Hall–Kier alpha value is -2.21. The molecule has 0 unspecified atom stereocenters. The molecule has 0 aliphatic carbocycles. The Bertz CT molecular complexity index is 625. The van der Waals surface area contributed by atoms with Gasteiger partial charge in [0.1, 0.15) is 5.82 Å². The van der Waals surface area contributed by atoms with Crippen LogP contribution in [0.15, 0.2) is 30.6 Å². The third kappa shape index (κ3) is 3.42. The minimum Gasteiger partial charge on any atom is -0.478 e. The summed E-state index contributed by atoms with van der Waals surface area (Å²) in [6.07, 6.45) is 3.67. The number of aryl methyl sites for hydroxylation is 1. The lowest BCUT2D eigenvalue weighted by Crippen LogP contribution is -2.19. The van der Waals surface area contributed by atoms with Crippen LogP contribution in [0.1, 0.15) is 21.5 Å². The average Bonchev–Trinajstić information content (AvgIpc) is 2.76. The summed E-state index contributed by atoms with van der Waals surface area (Å²) in [5.41, 5.74) is 1.63. The smallest absolute Gasteiger partial charge is 0.336 e. The molecule has 0 spiro atoms. The second-order valence-corrected chi connectivity index (χ2v) is 4.80. The molecule has 0 saturated carbocycles. The van der Waals surface area contributed by atoms with Crippen molar-refractivity contribution in [3.05, 3.63) is 53.1 Å². The minimum absolute atomic E-state index is 0.00281. The fraction of sp³-hybridized carbons (Fsp3) is 0.286. The highest BCUT2D eigenvalue weighted by Gasteiger charge is 2.13. The molecule has 0 bridgehead atoms. The number of carboxylic acids is 1. The fourth-order valence-electron chi connectivity index (χ4n) is 2.10. The number of aromatic carboxylic acids is 1. The molecular formula is C14H16FN3O2. The summed E-state index contributed by atoms with van der Waals surface area (Å²) in [5, 5.41) is 13.2. The van der Waals surface area contributed by atoms with Crippen LogP contribution in [-0.4, -0.2) is 32.8 Å². The van der Waals surface area contributed by atoms with Crippen molar-refractivity contribution in [2.75, 3.05) is 7.05 Å². The van der Waals surface area contributed by atoms with Crippen LogP contribution < -0.4 is 0 Å². The summed E-state index contributed by atoms with van der Waals surface area (Å²) >= 11 is 0. The first-order valence-corrected chi connectivity index (χ1v) is 6.13. The van der Waals surface area contributed by atoms with Crippen molar-refractivity contribution in [3.63, 3.8) is 0 Å². The van der Waals surface area contributed by atoms with E-state index >= 15 is 0 Å². The lowest BCUT2D eigenvalue weighted by molar-refractivity contribution is 0.0694. The van der Waals surface area contributed by atoms with E-state index in [1.54, 1.807) is 10.9 Å². The normalized spacial score (nSPS) is 11.0. The van der Waals surface area contributed by atoms with Gasteiger partial charge in [-0.3, -0.25) is 9.58 Å². The van der Waals surface area contributed by atoms with Gasteiger partial charge in [-0.1, -0.05) is 6.07 Å². The lowest BCUT2D eigenvalue weighted by Gasteiger charge is -2.17. The molecule has 0 fully saturated rings. The maximum absolute atomic E-state index is 13.1. The number of benzene rings is 1. The monoisotopic (exact) mass is 277 g/mol. The molecule has 0 aliphatic rings. The maximum Gasteiger partial charge on any atom is 0.336 e. The quantitative estimate of drug-likeness (QED) is 0.906. The van der Waals surface area contributed by atoms with Crippen LogP contribution in [0.25, 0.3) is 0 Å². The summed E-state index contributed by atoms with van der Waals surface area (Å²) in [5.74, 6) is -1.66. The van der Waals surface area contributed by atoms with Crippen LogP contribution in [0.5, 0.6) is 0 Å². The van der Waals surface area contributed by atoms with E-state index in [-0.39, 0.29) is 5.56 Å². The zero-order valence-corrected chi connectivity index (χ0v) is 11.4. The van der Waals surface area contributed by atoms with Crippen molar-refractivity contribution in [2.24, 2.45) is 7.05 Å². The van der Waals surface area contributed by atoms with E-state index in [2.05, 4.69) is 5.10 Å². The Morgan fingerprint density at radius 2 is 2.20 bits per heavy atom. The van der Waals surface area contributed by atoms with Gasteiger partial charge in [-0.05, 0) is 24.7 Å². The molecule has 106 valence electrons. The zero-order chi connectivity index (χ0) is 14.7. The predicted octanol–water partition coefficient (Wildman–Crippen LogP) is 1.89. The molecule has 0 atom stereocenters. The van der Waals surface area contributed by atoms with Gasteiger partial charge in [0.05, 0.1) is 11.8 Å². The van der Waals surface area contributed by atoms with Crippen LogP contribution in [0.2, 0.25) is 0 Å². The summed E-state index contributed by atoms with van der Waals surface area (Å²) < 4.78 is 14.8. The average molecular weight is 277 g/mol. The zero-order valence-electron chi connectivity index (χ0n) is 11.4. The Balaban J connectivity index is 2.11. The predicted molar refractivity (Wildman–Crippen MR) is 71.7 cm³/mol. The van der Waals surface area contributed by atoms with Crippen LogP contribution in [0.3, 0.4) is 0 Å². The second-order valence-electron chi connectivity index (χ2n) is 4.80. The fourth-order valence-corrected chi connectivity index (χ4v) is 2.10. The minimum atomic E-state index is -1.12. The van der Waals surface area contributed by atoms with Crippen LogP contribution in [0.4, 0.5) is 4.39 Å². The SMILES string of the molecule is CN(Cc1cnn(C)c1)Cc1ccc(F)cc1C(=O)O. The highest BCUT2D eigenvalue weighted by molar-refractivity contribution is 5.89. The van der Waals surface area contributed by atoms with Gasteiger partial charge in [0.25, 0.3) is 0 Å². The first-order chi connectivity index (χ1) is 9.45. The number of nitrogens with zero attached hydrogens (tertiary/aromatic N) is 3. The molecule has 1 aromatic carbocycles. The van der Waals surface area contributed by atoms with Gasteiger partial charge in [0, 0.05) is 31.9 Å². The molecule has 0 radical (unpaired) electrons. The molecule has 2 rings (SSSR count). The van der Waals surface area contributed by atoms with Crippen molar-refractivity contribution in [2.45, 2.75) is 13.1 Å².